The minimum absolute atomic E-state index is 1.34. The first kappa shape index (κ1) is 7.19. The SMILES string of the molecule is Bc1ccc(B)c(I)c1. The number of benzene rings is 1. The lowest BCUT2D eigenvalue weighted by molar-refractivity contribution is 1.77. The molecule has 0 aliphatic rings. The Morgan fingerprint density at radius 1 is 1.22 bits per heavy atom. The molecule has 44 valence electrons. The fraction of sp³-hybridized carbons (Fsp3) is 0. The van der Waals surface area contributed by atoms with Crippen LogP contribution in [0.15, 0.2) is 18.2 Å². The summed E-state index contributed by atoms with van der Waals surface area (Å²) in [7, 11) is 4.24. The van der Waals surface area contributed by atoms with Crippen molar-refractivity contribution in [3.63, 3.8) is 0 Å². The van der Waals surface area contributed by atoms with Crippen molar-refractivity contribution in [3.05, 3.63) is 21.8 Å². The van der Waals surface area contributed by atoms with E-state index < -0.39 is 0 Å². The number of hydrogen-bond donors (Lipinski definition) is 0. The highest BCUT2D eigenvalue weighted by Gasteiger charge is 1.90. The van der Waals surface area contributed by atoms with Gasteiger partial charge in [0.05, 0.1) is 0 Å². The minimum atomic E-state index is 1.34. The molecule has 9 heavy (non-hydrogen) atoms. The summed E-state index contributed by atoms with van der Waals surface area (Å²) in [5.41, 5.74) is 2.70. The van der Waals surface area contributed by atoms with Gasteiger partial charge in [-0.25, -0.2) is 0 Å². The average molecular weight is 228 g/mol. The van der Waals surface area contributed by atoms with Gasteiger partial charge in [0.2, 0.25) is 0 Å². The van der Waals surface area contributed by atoms with Crippen LogP contribution in [0, 0.1) is 3.57 Å². The molecule has 0 aromatic heterocycles. The summed E-state index contributed by atoms with van der Waals surface area (Å²) in [4.78, 5) is 0. The zero-order valence-electron chi connectivity index (χ0n) is 5.61. The van der Waals surface area contributed by atoms with Crippen LogP contribution in [-0.2, 0) is 0 Å². The van der Waals surface area contributed by atoms with Crippen molar-refractivity contribution in [2.24, 2.45) is 0 Å². The third-order valence-electron chi connectivity index (χ3n) is 1.33. The molecule has 1 aromatic rings. The van der Waals surface area contributed by atoms with E-state index in [0.717, 1.165) is 0 Å². The predicted octanol–water partition coefficient (Wildman–Crippen LogP) is -1.19. The first-order valence-corrected chi connectivity index (χ1v) is 4.01. The van der Waals surface area contributed by atoms with Gasteiger partial charge in [-0.3, -0.25) is 0 Å². The number of hydrogen-bond acceptors (Lipinski definition) is 0. The van der Waals surface area contributed by atoms with E-state index in [1.165, 1.54) is 14.5 Å². The second-order valence-electron chi connectivity index (χ2n) is 2.25. The van der Waals surface area contributed by atoms with Crippen molar-refractivity contribution in [2.45, 2.75) is 0 Å². The largest absolute Gasteiger partial charge is 0.140 e. The first-order valence-electron chi connectivity index (χ1n) is 2.93. The molecule has 0 saturated heterocycles. The lowest BCUT2D eigenvalue weighted by Gasteiger charge is -1.97. The Kier molecular flexibility index (Phi) is 2.22. The molecular formula is C6H7B2I. The Morgan fingerprint density at radius 3 is 2.33 bits per heavy atom. The van der Waals surface area contributed by atoms with Gasteiger partial charge in [-0.2, -0.15) is 0 Å². The summed E-state index contributed by atoms with van der Waals surface area (Å²) in [5.74, 6) is 0. The van der Waals surface area contributed by atoms with E-state index in [1.54, 1.807) is 0 Å². The predicted molar refractivity (Wildman–Crippen MR) is 55.5 cm³/mol. The maximum Gasteiger partial charge on any atom is 0.140 e. The fourth-order valence-corrected chi connectivity index (χ4v) is 1.37. The number of halogens is 1. The standard InChI is InChI=1S/C6H7B2I/c7-4-1-2-5(8)6(9)3-4/h1-3H,7-8H2. The van der Waals surface area contributed by atoms with Gasteiger partial charge in [-0.05, 0) is 22.6 Å². The normalized spacial score (nSPS) is 9.44. The molecule has 3 heteroatoms. The van der Waals surface area contributed by atoms with Crippen LogP contribution >= 0.6 is 22.6 Å². The van der Waals surface area contributed by atoms with Crippen LogP contribution in [0.1, 0.15) is 0 Å². The van der Waals surface area contributed by atoms with Gasteiger partial charge in [-0.15, -0.1) is 0 Å². The molecule has 0 radical (unpaired) electrons. The summed E-state index contributed by atoms with van der Waals surface area (Å²) >= 11 is 2.35. The third-order valence-corrected chi connectivity index (χ3v) is 2.49. The molecule has 0 nitrogen and oxygen atoms in total. The summed E-state index contributed by atoms with van der Waals surface area (Å²) in [6.07, 6.45) is 0. The Labute approximate surface area is 71.0 Å². The molecule has 0 heterocycles. The van der Waals surface area contributed by atoms with Gasteiger partial charge >= 0.3 is 0 Å². The smallest absolute Gasteiger partial charge is 0.0880 e. The molecule has 0 aliphatic carbocycles. The van der Waals surface area contributed by atoms with E-state index in [4.69, 9.17) is 0 Å². The lowest BCUT2D eigenvalue weighted by Crippen LogP contribution is -2.13. The lowest BCUT2D eigenvalue weighted by atomic mass is 9.90. The van der Waals surface area contributed by atoms with Gasteiger partial charge in [-0.1, -0.05) is 29.1 Å². The second kappa shape index (κ2) is 2.78. The molecule has 0 fully saturated rings. The van der Waals surface area contributed by atoms with Crippen molar-refractivity contribution in [3.8, 4) is 0 Å². The topological polar surface area (TPSA) is 0 Å². The average Bonchev–Trinajstić information content (AvgIpc) is 1.80. The first-order chi connectivity index (χ1) is 4.20. The van der Waals surface area contributed by atoms with Crippen molar-refractivity contribution >= 4 is 49.2 Å². The Bertz CT molecular complexity index is 222. The van der Waals surface area contributed by atoms with E-state index in [-0.39, 0.29) is 0 Å². The molecule has 0 aliphatic heterocycles. The van der Waals surface area contributed by atoms with Gasteiger partial charge in [0.1, 0.15) is 15.7 Å². The fourth-order valence-electron chi connectivity index (χ4n) is 0.698. The van der Waals surface area contributed by atoms with E-state index in [2.05, 4.69) is 56.5 Å². The highest BCUT2D eigenvalue weighted by atomic mass is 127. The van der Waals surface area contributed by atoms with Crippen molar-refractivity contribution in [1.82, 2.24) is 0 Å². The van der Waals surface area contributed by atoms with E-state index >= 15 is 0 Å². The molecule has 1 aromatic carbocycles. The molecule has 0 atom stereocenters. The van der Waals surface area contributed by atoms with E-state index in [9.17, 15) is 0 Å². The summed E-state index contributed by atoms with van der Waals surface area (Å²) < 4.78 is 1.35. The summed E-state index contributed by atoms with van der Waals surface area (Å²) in [6.45, 7) is 0. The molecule has 0 amide bonds. The number of rotatable bonds is 0. The second-order valence-corrected chi connectivity index (χ2v) is 3.41. The van der Waals surface area contributed by atoms with Gasteiger partial charge in [0.25, 0.3) is 0 Å². The zero-order valence-corrected chi connectivity index (χ0v) is 7.77. The Balaban J connectivity index is 3.17. The van der Waals surface area contributed by atoms with E-state index in [1.807, 2.05) is 0 Å². The Hall–Kier alpha value is 0.0799. The molecule has 0 spiro atoms. The summed E-state index contributed by atoms with van der Waals surface area (Å²) in [5, 5.41) is 0. The molecule has 0 unspecified atom stereocenters. The molecule has 0 N–H and O–H groups in total. The maximum atomic E-state index is 2.35. The van der Waals surface area contributed by atoms with Crippen LogP contribution in [0.3, 0.4) is 0 Å². The summed E-state index contributed by atoms with van der Waals surface area (Å²) in [6, 6.07) is 6.48. The van der Waals surface area contributed by atoms with Crippen LogP contribution in [0.5, 0.6) is 0 Å². The highest BCUT2D eigenvalue weighted by molar-refractivity contribution is 14.1. The van der Waals surface area contributed by atoms with Crippen LogP contribution in [0.2, 0.25) is 0 Å². The molecule has 1 rings (SSSR count). The monoisotopic (exact) mass is 228 g/mol. The zero-order chi connectivity index (χ0) is 6.85. The molecule has 0 saturated carbocycles. The van der Waals surface area contributed by atoms with Crippen LogP contribution < -0.4 is 10.9 Å². The van der Waals surface area contributed by atoms with Crippen LogP contribution in [0.25, 0.3) is 0 Å². The van der Waals surface area contributed by atoms with Crippen LogP contribution in [0.4, 0.5) is 0 Å². The minimum Gasteiger partial charge on any atom is -0.0880 e. The Morgan fingerprint density at radius 2 is 1.89 bits per heavy atom. The van der Waals surface area contributed by atoms with Gasteiger partial charge in [0.15, 0.2) is 0 Å². The van der Waals surface area contributed by atoms with Crippen LogP contribution in [-0.4, -0.2) is 15.7 Å². The maximum absolute atomic E-state index is 2.35. The van der Waals surface area contributed by atoms with Crippen molar-refractivity contribution in [1.29, 1.82) is 0 Å². The van der Waals surface area contributed by atoms with Crippen molar-refractivity contribution < 1.29 is 0 Å². The highest BCUT2D eigenvalue weighted by Crippen LogP contribution is 1.95. The third kappa shape index (κ3) is 1.75. The van der Waals surface area contributed by atoms with Crippen molar-refractivity contribution in [2.75, 3.05) is 0 Å². The quantitative estimate of drug-likeness (QED) is 0.386. The molecular weight excluding hydrogens is 221 g/mol. The van der Waals surface area contributed by atoms with Gasteiger partial charge < -0.3 is 0 Å². The van der Waals surface area contributed by atoms with E-state index in [0.29, 0.717) is 0 Å². The molecule has 0 bridgehead atoms. The van der Waals surface area contributed by atoms with Gasteiger partial charge in [0, 0.05) is 3.57 Å².